The Hall–Kier alpha value is -2.44. The summed E-state index contributed by atoms with van der Waals surface area (Å²) in [5, 5.41) is 0. The second-order valence-electron chi connectivity index (χ2n) is 10.8. The van der Waals surface area contributed by atoms with Crippen LogP contribution in [0.4, 0.5) is 0 Å². The van der Waals surface area contributed by atoms with Gasteiger partial charge in [-0.2, -0.15) is 0 Å². The normalized spacial score (nSPS) is 17.1. The van der Waals surface area contributed by atoms with Gasteiger partial charge in [0.2, 0.25) is 0 Å². The van der Waals surface area contributed by atoms with Crippen molar-refractivity contribution in [1.82, 2.24) is 0 Å². The SMILES string of the molecule is CCCCCCCC#Cc1ccc(C#Cc2ccc(C3CCC(CCCCCCC)CC3)cc2)cc1. The summed E-state index contributed by atoms with van der Waals surface area (Å²) >= 11 is 0. The van der Waals surface area contributed by atoms with Gasteiger partial charge in [0.05, 0.1) is 0 Å². The molecule has 0 aromatic heterocycles. The summed E-state index contributed by atoms with van der Waals surface area (Å²) in [6.45, 7) is 4.55. The first-order chi connectivity index (χ1) is 17.8. The first-order valence-electron chi connectivity index (χ1n) is 15.0. The number of hydrogen-bond acceptors (Lipinski definition) is 0. The van der Waals surface area contributed by atoms with E-state index in [-0.39, 0.29) is 0 Å². The summed E-state index contributed by atoms with van der Waals surface area (Å²) in [6.07, 6.45) is 21.6. The lowest BCUT2D eigenvalue weighted by Gasteiger charge is -2.29. The van der Waals surface area contributed by atoms with Gasteiger partial charge in [-0.25, -0.2) is 0 Å². The number of rotatable bonds is 12. The zero-order valence-electron chi connectivity index (χ0n) is 23.1. The molecule has 0 N–H and O–H groups in total. The minimum Gasteiger partial charge on any atom is -0.0979 e. The molecule has 2 aromatic carbocycles. The maximum atomic E-state index is 3.35. The highest BCUT2D eigenvalue weighted by molar-refractivity contribution is 5.46. The van der Waals surface area contributed by atoms with Crippen molar-refractivity contribution in [1.29, 1.82) is 0 Å². The third-order valence-corrected chi connectivity index (χ3v) is 7.82. The van der Waals surface area contributed by atoms with Gasteiger partial charge < -0.3 is 0 Å². The summed E-state index contributed by atoms with van der Waals surface area (Å²) in [5.74, 6) is 15.0. The number of hydrogen-bond donors (Lipinski definition) is 0. The summed E-state index contributed by atoms with van der Waals surface area (Å²) in [5.41, 5.74) is 4.75. The van der Waals surface area contributed by atoms with Crippen molar-refractivity contribution >= 4 is 0 Å². The number of benzene rings is 2. The molecule has 3 rings (SSSR count). The molecule has 0 saturated heterocycles. The van der Waals surface area contributed by atoms with E-state index in [4.69, 9.17) is 0 Å². The summed E-state index contributed by atoms with van der Waals surface area (Å²) in [4.78, 5) is 0. The van der Waals surface area contributed by atoms with Gasteiger partial charge in [0.1, 0.15) is 0 Å². The third kappa shape index (κ3) is 10.7. The predicted molar refractivity (Wildman–Crippen MR) is 157 cm³/mol. The lowest BCUT2D eigenvalue weighted by atomic mass is 9.77. The molecule has 36 heavy (non-hydrogen) atoms. The van der Waals surface area contributed by atoms with Crippen molar-refractivity contribution in [2.24, 2.45) is 5.92 Å². The lowest BCUT2D eigenvalue weighted by Crippen LogP contribution is -2.13. The molecule has 0 heteroatoms. The van der Waals surface area contributed by atoms with Crippen molar-refractivity contribution in [2.75, 3.05) is 0 Å². The van der Waals surface area contributed by atoms with E-state index in [0.29, 0.717) is 0 Å². The lowest BCUT2D eigenvalue weighted by molar-refractivity contribution is 0.302. The van der Waals surface area contributed by atoms with Crippen LogP contribution < -0.4 is 0 Å². The third-order valence-electron chi connectivity index (χ3n) is 7.82. The summed E-state index contributed by atoms with van der Waals surface area (Å²) in [7, 11) is 0. The molecule has 1 aliphatic rings. The first kappa shape index (κ1) is 28.1. The average Bonchev–Trinajstić information content (AvgIpc) is 2.93. The Balaban J connectivity index is 1.40. The average molecular weight is 481 g/mol. The molecule has 0 bridgehead atoms. The zero-order valence-corrected chi connectivity index (χ0v) is 23.1. The fraction of sp³-hybridized carbons (Fsp3) is 0.556. The van der Waals surface area contributed by atoms with Crippen LogP contribution in [0.25, 0.3) is 0 Å². The van der Waals surface area contributed by atoms with Gasteiger partial charge in [-0.05, 0) is 85.9 Å². The Morgan fingerprint density at radius 3 is 1.64 bits per heavy atom. The Labute approximate surface area is 222 Å². The number of unbranched alkanes of at least 4 members (excludes halogenated alkanes) is 9. The maximum absolute atomic E-state index is 3.35. The molecule has 0 aliphatic heterocycles. The first-order valence-corrected chi connectivity index (χ1v) is 15.0. The Kier molecular flexibility index (Phi) is 13.4. The minimum atomic E-state index is 0.744. The van der Waals surface area contributed by atoms with Crippen molar-refractivity contribution < 1.29 is 0 Å². The zero-order chi connectivity index (χ0) is 25.3. The molecule has 0 amide bonds. The van der Waals surface area contributed by atoms with Crippen LogP contribution in [0.1, 0.15) is 145 Å². The van der Waals surface area contributed by atoms with E-state index in [1.54, 1.807) is 0 Å². The van der Waals surface area contributed by atoms with Gasteiger partial charge in [0.15, 0.2) is 0 Å². The van der Waals surface area contributed by atoms with Crippen LogP contribution in [-0.4, -0.2) is 0 Å². The summed E-state index contributed by atoms with van der Waals surface area (Å²) in [6, 6.07) is 17.4. The predicted octanol–water partition coefficient (Wildman–Crippen LogP) is 10.4. The van der Waals surface area contributed by atoms with Crippen LogP contribution in [0.15, 0.2) is 48.5 Å². The fourth-order valence-electron chi connectivity index (χ4n) is 5.42. The molecule has 2 aromatic rings. The van der Waals surface area contributed by atoms with E-state index < -0.39 is 0 Å². The largest absolute Gasteiger partial charge is 0.0979 e. The molecule has 0 heterocycles. The molecule has 192 valence electrons. The van der Waals surface area contributed by atoms with Gasteiger partial charge in [0, 0.05) is 23.1 Å². The van der Waals surface area contributed by atoms with Crippen LogP contribution in [0.3, 0.4) is 0 Å². The van der Waals surface area contributed by atoms with Crippen molar-refractivity contribution in [3.63, 3.8) is 0 Å². The Morgan fingerprint density at radius 2 is 1.06 bits per heavy atom. The molecular formula is C36H48. The maximum Gasteiger partial charge on any atom is 0.0249 e. The Bertz CT molecular complexity index is 963. The minimum absolute atomic E-state index is 0.744. The highest BCUT2D eigenvalue weighted by Crippen LogP contribution is 2.37. The smallest absolute Gasteiger partial charge is 0.0249 e. The van der Waals surface area contributed by atoms with Gasteiger partial charge in [-0.15, -0.1) is 0 Å². The van der Waals surface area contributed by atoms with E-state index in [1.165, 1.54) is 102 Å². The van der Waals surface area contributed by atoms with E-state index in [2.05, 4.69) is 86.1 Å². The van der Waals surface area contributed by atoms with Crippen LogP contribution in [0, 0.1) is 29.6 Å². The highest BCUT2D eigenvalue weighted by atomic mass is 14.3. The van der Waals surface area contributed by atoms with Gasteiger partial charge >= 0.3 is 0 Å². The van der Waals surface area contributed by atoms with Crippen LogP contribution in [0.2, 0.25) is 0 Å². The molecule has 1 saturated carbocycles. The second kappa shape index (κ2) is 17.1. The molecule has 0 radical (unpaired) electrons. The molecule has 1 fully saturated rings. The van der Waals surface area contributed by atoms with Crippen LogP contribution in [0.5, 0.6) is 0 Å². The second-order valence-corrected chi connectivity index (χ2v) is 10.8. The van der Waals surface area contributed by atoms with Crippen molar-refractivity contribution in [2.45, 2.75) is 122 Å². The fourth-order valence-corrected chi connectivity index (χ4v) is 5.42. The Morgan fingerprint density at radius 1 is 0.556 bits per heavy atom. The molecule has 0 nitrogen and oxygen atoms in total. The standard InChI is InChI=1S/C36H48/c1-3-5-7-9-10-12-14-15-31-17-19-33(20-18-31)21-22-34-25-29-36(30-26-34)35-27-23-32(24-28-35)16-13-11-8-6-4-2/h17-20,25-26,29-30,32,35H,3-13,16,23-24,27-28H2,1-2H3. The molecule has 1 aliphatic carbocycles. The van der Waals surface area contributed by atoms with Gasteiger partial charge in [-0.3, -0.25) is 0 Å². The van der Waals surface area contributed by atoms with Crippen molar-refractivity contribution in [3.05, 3.63) is 70.8 Å². The van der Waals surface area contributed by atoms with Crippen molar-refractivity contribution in [3.8, 4) is 23.7 Å². The van der Waals surface area contributed by atoms with E-state index >= 15 is 0 Å². The van der Waals surface area contributed by atoms with Gasteiger partial charge in [0.25, 0.3) is 0 Å². The van der Waals surface area contributed by atoms with Gasteiger partial charge in [-0.1, -0.05) is 114 Å². The van der Waals surface area contributed by atoms with E-state index in [0.717, 1.165) is 34.9 Å². The topological polar surface area (TPSA) is 0 Å². The molecule has 0 atom stereocenters. The molecule has 0 spiro atoms. The molecular weight excluding hydrogens is 432 g/mol. The van der Waals surface area contributed by atoms with E-state index in [1.807, 2.05) is 0 Å². The summed E-state index contributed by atoms with van der Waals surface area (Å²) < 4.78 is 0. The van der Waals surface area contributed by atoms with E-state index in [9.17, 15) is 0 Å². The monoisotopic (exact) mass is 480 g/mol. The van der Waals surface area contributed by atoms with Crippen LogP contribution in [-0.2, 0) is 0 Å². The molecule has 0 unspecified atom stereocenters. The quantitative estimate of drug-likeness (QED) is 0.209. The van der Waals surface area contributed by atoms with Crippen LogP contribution >= 0.6 is 0 Å². The highest BCUT2D eigenvalue weighted by Gasteiger charge is 2.21.